The van der Waals surface area contributed by atoms with Crippen LogP contribution in [-0.4, -0.2) is 17.9 Å². The number of halogens is 5. The summed E-state index contributed by atoms with van der Waals surface area (Å²) in [7, 11) is 0. The third-order valence-corrected chi connectivity index (χ3v) is 4.28. The first-order valence-electron chi connectivity index (χ1n) is 9.15. The molecule has 0 N–H and O–H groups in total. The van der Waals surface area contributed by atoms with Gasteiger partial charge in [0.25, 0.3) is 0 Å². The highest BCUT2D eigenvalue weighted by atomic mass is 19.4. The van der Waals surface area contributed by atoms with Gasteiger partial charge in [-0.3, -0.25) is 4.79 Å². The molecular weight excluding hydrogens is 419 g/mol. The summed E-state index contributed by atoms with van der Waals surface area (Å²) in [6.07, 6.45) is -6.02. The van der Waals surface area contributed by atoms with Crippen molar-refractivity contribution < 1.29 is 36.2 Å². The summed E-state index contributed by atoms with van der Waals surface area (Å²) in [5.41, 5.74) is 0.620. The van der Waals surface area contributed by atoms with Gasteiger partial charge in [0, 0.05) is 11.6 Å². The highest BCUT2D eigenvalue weighted by Crippen LogP contribution is 2.39. The van der Waals surface area contributed by atoms with Crippen LogP contribution in [0.15, 0.2) is 78.9 Å². The lowest BCUT2D eigenvalue weighted by atomic mass is 10.0. The van der Waals surface area contributed by atoms with Gasteiger partial charge in [0.2, 0.25) is 5.78 Å². The number of carbonyl (C=O) groups is 1. The van der Waals surface area contributed by atoms with E-state index in [4.69, 9.17) is 9.47 Å². The van der Waals surface area contributed by atoms with E-state index < -0.39 is 23.4 Å². The average Bonchev–Trinajstić information content (AvgIpc) is 2.76. The minimum absolute atomic E-state index is 0.0201. The predicted octanol–water partition coefficient (Wildman–Crippen LogP) is 6.22. The van der Waals surface area contributed by atoms with E-state index in [2.05, 4.69) is 0 Å². The van der Waals surface area contributed by atoms with Crippen molar-refractivity contribution in [2.24, 2.45) is 0 Å². The molecule has 0 aliphatic rings. The minimum atomic E-state index is -6.02. The molecule has 0 atom stereocenters. The number of Topliss-reactive ketones (excluding diaryl/α,β-unsaturated/α-hetero) is 1. The number of hydrogen-bond donors (Lipinski definition) is 0. The van der Waals surface area contributed by atoms with Crippen molar-refractivity contribution in [1.29, 1.82) is 0 Å². The third kappa shape index (κ3) is 5.59. The monoisotopic (exact) mass is 436 g/mol. The van der Waals surface area contributed by atoms with Crippen molar-refractivity contribution in [3.8, 4) is 11.5 Å². The maximum Gasteiger partial charge on any atom is 0.461 e. The molecule has 0 saturated carbocycles. The van der Waals surface area contributed by atoms with Crippen LogP contribution < -0.4 is 9.47 Å². The van der Waals surface area contributed by atoms with Crippen LogP contribution in [0.4, 0.5) is 22.0 Å². The van der Waals surface area contributed by atoms with Crippen LogP contribution in [0, 0.1) is 0 Å². The molecule has 8 heteroatoms. The largest absolute Gasteiger partial charge is 0.489 e. The number of alkyl halides is 5. The van der Waals surface area contributed by atoms with E-state index in [0.717, 1.165) is 23.3 Å². The van der Waals surface area contributed by atoms with Crippen molar-refractivity contribution in [3.63, 3.8) is 0 Å². The fourth-order valence-electron chi connectivity index (χ4n) is 2.66. The molecule has 3 aromatic rings. The Morgan fingerprint density at radius 3 is 1.48 bits per heavy atom. The summed E-state index contributed by atoms with van der Waals surface area (Å²) < 4.78 is 76.3. The van der Waals surface area contributed by atoms with Crippen molar-refractivity contribution >= 4 is 5.78 Å². The standard InChI is InChI=1S/C23H17F5O3/c24-22(25,23(26,27)28)21(29)18-11-19(30-14-16-7-3-1-4-8-16)13-20(12-18)31-15-17-9-5-2-6-10-17/h1-13H,14-15H2. The number of ether oxygens (including phenoxy) is 2. The topological polar surface area (TPSA) is 35.5 Å². The predicted molar refractivity (Wildman–Crippen MR) is 103 cm³/mol. The molecular formula is C23H17F5O3. The fraction of sp³-hybridized carbons (Fsp3) is 0.174. The van der Waals surface area contributed by atoms with Gasteiger partial charge in [0.05, 0.1) is 0 Å². The molecule has 0 unspecified atom stereocenters. The Bertz CT molecular complexity index is 957. The second-order valence-electron chi connectivity index (χ2n) is 6.64. The number of hydrogen-bond acceptors (Lipinski definition) is 3. The highest BCUT2D eigenvalue weighted by Gasteiger charge is 2.63. The first-order valence-corrected chi connectivity index (χ1v) is 9.15. The molecule has 0 spiro atoms. The molecule has 0 radical (unpaired) electrons. The zero-order valence-corrected chi connectivity index (χ0v) is 16.0. The lowest BCUT2D eigenvalue weighted by Gasteiger charge is -2.19. The minimum Gasteiger partial charge on any atom is -0.489 e. The summed E-state index contributed by atoms with van der Waals surface area (Å²) >= 11 is 0. The van der Waals surface area contributed by atoms with Gasteiger partial charge in [-0.2, -0.15) is 22.0 Å². The zero-order chi connectivity index (χ0) is 22.5. The molecule has 162 valence electrons. The van der Waals surface area contributed by atoms with Crippen molar-refractivity contribution in [3.05, 3.63) is 95.6 Å². The van der Waals surface area contributed by atoms with Gasteiger partial charge < -0.3 is 9.47 Å². The molecule has 3 aromatic carbocycles. The molecule has 0 aliphatic heterocycles. The van der Waals surface area contributed by atoms with E-state index in [1.165, 1.54) is 6.07 Å². The molecule has 3 rings (SSSR count). The van der Waals surface area contributed by atoms with E-state index in [1.807, 2.05) is 0 Å². The molecule has 0 aromatic heterocycles. The Hall–Kier alpha value is -3.42. The summed E-state index contributed by atoms with van der Waals surface area (Å²) in [4.78, 5) is 12.0. The van der Waals surface area contributed by atoms with Crippen LogP contribution in [0.1, 0.15) is 21.5 Å². The van der Waals surface area contributed by atoms with E-state index in [-0.39, 0.29) is 24.7 Å². The van der Waals surface area contributed by atoms with Crippen LogP contribution in [0.2, 0.25) is 0 Å². The van der Waals surface area contributed by atoms with Gasteiger partial charge in [0.15, 0.2) is 0 Å². The summed E-state index contributed by atoms with van der Waals surface area (Å²) in [5.74, 6) is -8.07. The number of carbonyl (C=O) groups excluding carboxylic acids is 1. The number of benzene rings is 3. The van der Waals surface area contributed by atoms with Crippen molar-refractivity contribution in [1.82, 2.24) is 0 Å². The van der Waals surface area contributed by atoms with Gasteiger partial charge >= 0.3 is 12.1 Å². The summed E-state index contributed by atoms with van der Waals surface area (Å²) in [5, 5.41) is 0. The van der Waals surface area contributed by atoms with E-state index in [0.29, 0.717) is 0 Å². The van der Waals surface area contributed by atoms with Gasteiger partial charge in [-0.25, -0.2) is 0 Å². The van der Waals surface area contributed by atoms with Crippen LogP contribution >= 0.6 is 0 Å². The Kier molecular flexibility index (Phi) is 6.58. The van der Waals surface area contributed by atoms with E-state index in [1.54, 1.807) is 60.7 Å². The SMILES string of the molecule is O=C(c1cc(OCc2ccccc2)cc(OCc2ccccc2)c1)C(F)(F)C(F)(F)F. The summed E-state index contributed by atoms with van der Waals surface area (Å²) in [6.45, 7) is 0.0402. The Morgan fingerprint density at radius 1 is 0.677 bits per heavy atom. The Balaban J connectivity index is 1.88. The first kappa shape index (κ1) is 22.3. The van der Waals surface area contributed by atoms with Crippen LogP contribution in [0.3, 0.4) is 0 Å². The second kappa shape index (κ2) is 9.16. The molecule has 0 fully saturated rings. The normalized spacial score (nSPS) is 11.8. The van der Waals surface area contributed by atoms with Crippen LogP contribution in [-0.2, 0) is 13.2 Å². The zero-order valence-electron chi connectivity index (χ0n) is 16.0. The second-order valence-corrected chi connectivity index (χ2v) is 6.64. The van der Waals surface area contributed by atoms with Crippen molar-refractivity contribution in [2.75, 3.05) is 0 Å². The molecule has 0 heterocycles. The highest BCUT2D eigenvalue weighted by molar-refractivity contribution is 6.02. The molecule has 31 heavy (non-hydrogen) atoms. The van der Waals surface area contributed by atoms with Gasteiger partial charge in [-0.15, -0.1) is 0 Å². The lowest BCUT2D eigenvalue weighted by molar-refractivity contribution is -0.255. The first-order chi connectivity index (χ1) is 14.7. The average molecular weight is 436 g/mol. The molecule has 0 aliphatic carbocycles. The fourth-order valence-corrected chi connectivity index (χ4v) is 2.66. The van der Waals surface area contributed by atoms with E-state index >= 15 is 0 Å². The molecule has 0 amide bonds. The Morgan fingerprint density at radius 2 is 1.10 bits per heavy atom. The number of ketones is 1. The maximum atomic E-state index is 13.6. The lowest BCUT2D eigenvalue weighted by Crippen LogP contribution is -2.44. The molecule has 3 nitrogen and oxygen atoms in total. The van der Waals surface area contributed by atoms with Gasteiger partial charge in [-0.1, -0.05) is 60.7 Å². The quantitative estimate of drug-likeness (QED) is 0.310. The van der Waals surface area contributed by atoms with Gasteiger partial charge in [-0.05, 0) is 23.3 Å². The van der Waals surface area contributed by atoms with E-state index in [9.17, 15) is 26.7 Å². The smallest absolute Gasteiger partial charge is 0.461 e. The molecule has 0 bridgehead atoms. The summed E-state index contributed by atoms with van der Waals surface area (Å²) in [6, 6.07) is 20.6. The Labute approximate surface area is 175 Å². The van der Waals surface area contributed by atoms with Crippen LogP contribution in [0.25, 0.3) is 0 Å². The molecule has 0 saturated heterocycles. The number of rotatable bonds is 8. The third-order valence-electron chi connectivity index (χ3n) is 4.28. The maximum absolute atomic E-state index is 13.6. The van der Waals surface area contributed by atoms with Crippen LogP contribution in [0.5, 0.6) is 11.5 Å². The van der Waals surface area contributed by atoms with Crippen molar-refractivity contribution in [2.45, 2.75) is 25.3 Å². The van der Waals surface area contributed by atoms with Gasteiger partial charge in [0.1, 0.15) is 24.7 Å².